The number of nitrogens with one attached hydrogen (secondary N) is 1. The molecule has 1 aromatic heterocycles. The molecule has 0 aliphatic heterocycles. The number of aromatic nitrogens is 1. The Morgan fingerprint density at radius 2 is 1.65 bits per heavy atom. The fourth-order valence-electron chi connectivity index (χ4n) is 4.27. The number of carbonyl (C=O) groups is 1. The van der Waals surface area contributed by atoms with Crippen molar-refractivity contribution in [3.8, 4) is 5.69 Å². The summed E-state index contributed by atoms with van der Waals surface area (Å²) in [5.41, 5.74) is 4.20. The highest BCUT2D eigenvalue weighted by Gasteiger charge is 2.24. The SMILES string of the molecule is Cc1c(CNC2CCCCCCC2)c(C(=O)O)c(C)n1-c1ccccc1. The average molecular weight is 354 g/mol. The van der Waals surface area contributed by atoms with Gasteiger partial charge in [-0.1, -0.05) is 50.3 Å². The van der Waals surface area contributed by atoms with Crippen LogP contribution in [0.1, 0.15) is 72.3 Å². The first-order valence-corrected chi connectivity index (χ1v) is 9.82. The Kier molecular flexibility index (Phi) is 6.15. The molecule has 4 heteroatoms. The van der Waals surface area contributed by atoms with Crippen LogP contribution in [0.3, 0.4) is 0 Å². The van der Waals surface area contributed by atoms with Gasteiger partial charge in [-0.3, -0.25) is 0 Å². The first-order chi connectivity index (χ1) is 12.6. The molecule has 1 heterocycles. The lowest BCUT2D eigenvalue weighted by Gasteiger charge is -2.21. The Labute approximate surface area is 156 Å². The quantitative estimate of drug-likeness (QED) is 0.795. The zero-order chi connectivity index (χ0) is 18.5. The van der Waals surface area contributed by atoms with Crippen molar-refractivity contribution in [3.63, 3.8) is 0 Å². The van der Waals surface area contributed by atoms with Crippen LogP contribution < -0.4 is 5.32 Å². The number of nitrogens with zero attached hydrogens (tertiary/aromatic N) is 1. The van der Waals surface area contributed by atoms with Crippen molar-refractivity contribution < 1.29 is 9.90 Å². The molecule has 0 radical (unpaired) electrons. The van der Waals surface area contributed by atoms with Gasteiger partial charge in [0, 0.05) is 35.2 Å². The summed E-state index contributed by atoms with van der Waals surface area (Å²) in [5, 5.41) is 13.5. The summed E-state index contributed by atoms with van der Waals surface area (Å²) >= 11 is 0. The molecule has 0 bridgehead atoms. The monoisotopic (exact) mass is 354 g/mol. The van der Waals surface area contributed by atoms with Gasteiger partial charge in [0.05, 0.1) is 5.56 Å². The number of hydrogen-bond acceptors (Lipinski definition) is 2. The Hall–Kier alpha value is -2.07. The van der Waals surface area contributed by atoms with E-state index in [1.54, 1.807) is 0 Å². The highest BCUT2D eigenvalue weighted by molar-refractivity contribution is 5.91. The third kappa shape index (κ3) is 4.01. The van der Waals surface area contributed by atoms with E-state index in [0.29, 0.717) is 18.2 Å². The molecule has 1 aromatic carbocycles. The van der Waals surface area contributed by atoms with Crippen molar-refractivity contribution in [2.75, 3.05) is 0 Å². The third-order valence-corrected chi connectivity index (χ3v) is 5.67. The van der Waals surface area contributed by atoms with Gasteiger partial charge in [-0.25, -0.2) is 4.79 Å². The van der Waals surface area contributed by atoms with Gasteiger partial charge in [-0.15, -0.1) is 0 Å². The molecule has 0 saturated heterocycles. The van der Waals surface area contributed by atoms with Crippen LogP contribution in [-0.2, 0) is 6.54 Å². The molecule has 3 rings (SSSR count). The van der Waals surface area contributed by atoms with Crippen LogP contribution in [0.15, 0.2) is 30.3 Å². The van der Waals surface area contributed by atoms with Crippen molar-refractivity contribution in [1.82, 2.24) is 9.88 Å². The number of benzene rings is 1. The Morgan fingerprint density at radius 1 is 1.04 bits per heavy atom. The highest BCUT2D eigenvalue weighted by Crippen LogP contribution is 2.27. The summed E-state index contributed by atoms with van der Waals surface area (Å²) < 4.78 is 2.07. The fraction of sp³-hybridized carbons (Fsp3) is 0.500. The van der Waals surface area contributed by atoms with Gasteiger partial charge in [0.15, 0.2) is 0 Å². The second-order valence-electron chi connectivity index (χ2n) is 7.42. The lowest BCUT2D eigenvalue weighted by Crippen LogP contribution is -2.30. The van der Waals surface area contributed by atoms with E-state index in [2.05, 4.69) is 9.88 Å². The van der Waals surface area contributed by atoms with Crippen LogP contribution in [-0.4, -0.2) is 21.7 Å². The normalized spacial score (nSPS) is 16.2. The average Bonchev–Trinajstić information content (AvgIpc) is 2.85. The minimum Gasteiger partial charge on any atom is -0.478 e. The second kappa shape index (κ2) is 8.54. The number of carboxylic acid groups (broad SMARTS) is 1. The minimum atomic E-state index is -0.838. The minimum absolute atomic E-state index is 0.449. The van der Waals surface area contributed by atoms with E-state index in [-0.39, 0.29) is 0 Å². The van der Waals surface area contributed by atoms with E-state index in [0.717, 1.165) is 22.6 Å². The van der Waals surface area contributed by atoms with Gasteiger partial charge in [0.1, 0.15) is 0 Å². The lowest BCUT2D eigenvalue weighted by molar-refractivity contribution is 0.0694. The summed E-state index contributed by atoms with van der Waals surface area (Å²) in [6.07, 6.45) is 8.93. The van der Waals surface area contributed by atoms with E-state index in [4.69, 9.17) is 0 Å². The standard InChI is InChI=1S/C22H30N2O2/c1-16-20(15-23-18-11-7-4-3-5-8-12-18)21(22(25)26)17(2)24(16)19-13-9-6-10-14-19/h6,9-10,13-14,18,23H,3-5,7-8,11-12,15H2,1-2H3,(H,25,26). The van der Waals surface area contributed by atoms with Crippen LogP contribution in [0.2, 0.25) is 0 Å². The molecule has 2 aromatic rings. The van der Waals surface area contributed by atoms with Crippen LogP contribution in [0.5, 0.6) is 0 Å². The maximum absolute atomic E-state index is 11.9. The van der Waals surface area contributed by atoms with E-state index >= 15 is 0 Å². The Balaban J connectivity index is 1.87. The first-order valence-electron chi connectivity index (χ1n) is 9.82. The molecule has 0 amide bonds. The highest BCUT2D eigenvalue weighted by atomic mass is 16.4. The van der Waals surface area contributed by atoms with Gasteiger partial charge >= 0.3 is 5.97 Å². The molecule has 1 saturated carbocycles. The summed E-state index contributed by atoms with van der Waals surface area (Å²) in [4.78, 5) is 11.9. The van der Waals surface area contributed by atoms with E-state index in [1.807, 2.05) is 44.2 Å². The van der Waals surface area contributed by atoms with Gasteiger partial charge in [-0.05, 0) is 38.8 Å². The van der Waals surface area contributed by atoms with Crippen molar-refractivity contribution in [1.29, 1.82) is 0 Å². The Morgan fingerprint density at radius 3 is 2.27 bits per heavy atom. The molecule has 4 nitrogen and oxygen atoms in total. The van der Waals surface area contributed by atoms with E-state index in [1.165, 1.54) is 44.9 Å². The second-order valence-corrected chi connectivity index (χ2v) is 7.42. The smallest absolute Gasteiger partial charge is 0.337 e. The summed E-state index contributed by atoms with van der Waals surface area (Å²) in [5.74, 6) is -0.838. The number of rotatable bonds is 5. The maximum Gasteiger partial charge on any atom is 0.337 e. The molecule has 1 aliphatic carbocycles. The molecule has 0 atom stereocenters. The van der Waals surface area contributed by atoms with Crippen LogP contribution in [0.25, 0.3) is 5.69 Å². The van der Waals surface area contributed by atoms with Crippen LogP contribution in [0.4, 0.5) is 0 Å². The molecule has 0 spiro atoms. The molecule has 2 N–H and O–H groups in total. The Bertz CT molecular complexity index is 741. The first kappa shape index (κ1) is 18.7. The number of carboxylic acids is 1. The molecule has 1 aliphatic rings. The predicted octanol–water partition coefficient (Wildman–Crippen LogP) is 4.99. The fourth-order valence-corrected chi connectivity index (χ4v) is 4.27. The molecular formula is C22H30N2O2. The molecule has 0 unspecified atom stereocenters. The third-order valence-electron chi connectivity index (χ3n) is 5.67. The van der Waals surface area contributed by atoms with Crippen molar-refractivity contribution in [2.24, 2.45) is 0 Å². The van der Waals surface area contributed by atoms with Crippen molar-refractivity contribution >= 4 is 5.97 Å². The number of para-hydroxylation sites is 1. The van der Waals surface area contributed by atoms with Gasteiger partial charge < -0.3 is 15.0 Å². The largest absolute Gasteiger partial charge is 0.478 e. The molecule has 1 fully saturated rings. The number of aromatic carboxylic acids is 1. The van der Waals surface area contributed by atoms with Crippen LogP contribution in [0, 0.1) is 13.8 Å². The maximum atomic E-state index is 11.9. The van der Waals surface area contributed by atoms with Crippen molar-refractivity contribution in [2.45, 2.75) is 71.4 Å². The van der Waals surface area contributed by atoms with E-state index < -0.39 is 5.97 Å². The summed E-state index contributed by atoms with van der Waals surface area (Å²) in [7, 11) is 0. The van der Waals surface area contributed by atoms with Gasteiger partial charge in [0.2, 0.25) is 0 Å². The lowest BCUT2D eigenvalue weighted by atomic mass is 9.96. The molecule has 140 valence electrons. The van der Waals surface area contributed by atoms with Gasteiger partial charge in [-0.2, -0.15) is 0 Å². The number of hydrogen-bond donors (Lipinski definition) is 2. The zero-order valence-electron chi connectivity index (χ0n) is 15.9. The predicted molar refractivity (Wildman–Crippen MR) is 105 cm³/mol. The summed E-state index contributed by atoms with van der Waals surface area (Å²) in [6, 6.07) is 10.5. The zero-order valence-corrected chi connectivity index (χ0v) is 15.9. The molecular weight excluding hydrogens is 324 g/mol. The summed E-state index contributed by atoms with van der Waals surface area (Å²) in [6.45, 7) is 4.56. The van der Waals surface area contributed by atoms with E-state index in [9.17, 15) is 9.90 Å². The topological polar surface area (TPSA) is 54.3 Å². The van der Waals surface area contributed by atoms with Crippen molar-refractivity contribution in [3.05, 3.63) is 52.8 Å². The van der Waals surface area contributed by atoms with Crippen LogP contribution >= 0.6 is 0 Å². The molecule has 26 heavy (non-hydrogen) atoms. The van der Waals surface area contributed by atoms with Gasteiger partial charge in [0.25, 0.3) is 0 Å².